The molecule has 2 aromatic carbocycles. The maximum absolute atomic E-state index is 11.3. The lowest BCUT2D eigenvalue weighted by Crippen LogP contribution is -2.03. The maximum Gasteiger partial charge on any atom is 0.295 e. The Kier molecular flexibility index (Phi) is 3.20. The molecule has 0 fully saturated rings. The largest absolute Gasteiger partial charge is 0.397 e. The van der Waals surface area contributed by atoms with E-state index in [9.17, 15) is 18.5 Å². The Morgan fingerprint density at radius 3 is 2.53 bits per heavy atom. The maximum atomic E-state index is 11.3. The summed E-state index contributed by atoms with van der Waals surface area (Å²) in [5.41, 5.74) is 5.46. The van der Waals surface area contributed by atoms with Crippen LogP contribution >= 0.6 is 15.9 Å². The lowest BCUT2D eigenvalue weighted by molar-refractivity contribution is -0.383. The number of fused-ring (bicyclic) bond motifs is 1. The van der Waals surface area contributed by atoms with Crippen LogP contribution in [0.2, 0.25) is 0 Å². The number of nitrogens with two attached hydrogens (primary N) is 1. The van der Waals surface area contributed by atoms with Crippen LogP contribution in [0.3, 0.4) is 0 Å². The first kappa shape index (κ1) is 13.7. The van der Waals surface area contributed by atoms with E-state index >= 15 is 0 Å². The molecule has 0 heterocycles. The molecule has 0 aromatic heterocycles. The van der Waals surface area contributed by atoms with Crippen LogP contribution in [0, 0.1) is 10.1 Å². The number of hydrogen-bond donors (Lipinski definition) is 2. The van der Waals surface area contributed by atoms with Crippen molar-refractivity contribution in [3.05, 3.63) is 38.9 Å². The highest BCUT2D eigenvalue weighted by Gasteiger charge is 2.24. The number of non-ortho nitro benzene ring substituents is 1. The highest BCUT2D eigenvalue weighted by Crippen LogP contribution is 2.39. The molecular formula is C10H7BrN2O5S. The fraction of sp³-hybridized carbons (Fsp3) is 0. The fourth-order valence-electron chi connectivity index (χ4n) is 1.78. The molecule has 19 heavy (non-hydrogen) atoms. The lowest BCUT2D eigenvalue weighted by atomic mass is 10.1. The van der Waals surface area contributed by atoms with E-state index in [1.807, 2.05) is 0 Å². The van der Waals surface area contributed by atoms with Crippen LogP contribution < -0.4 is 5.73 Å². The molecule has 0 radical (unpaired) electrons. The van der Waals surface area contributed by atoms with E-state index in [-0.39, 0.29) is 20.9 Å². The SMILES string of the molecule is Nc1c(Br)cc([N+](=O)[O-])c2c(S(=O)(=O)O)cccc12. The molecule has 0 bridgehead atoms. The Morgan fingerprint density at radius 2 is 2.00 bits per heavy atom. The number of halogens is 1. The Labute approximate surface area is 116 Å². The number of hydrogen-bond acceptors (Lipinski definition) is 5. The van der Waals surface area contributed by atoms with Crippen molar-refractivity contribution in [2.45, 2.75) is 4.90 Å². The van der Waals surface area contributed by atoms with E-state index < -0.39 is 25.6 Å². The molecule has 0 aliphatic rings. The molecular weight excluding hydrogens is 340 g/mol. The topological polar surface area (TPSA) is 124 Å². The Bertz CT molecular complexity index is 803. The average molecular weight is 347 g/mol. The molecule has 0 aliphatic carbocycles. The third-order valence-corrected chi connectivity index (χ3v) is 4.12. The van der Waals surface area contributed by atoms with E-state index in [2.05, 4.69) is 15.9 Å². The second-order valence-electron chi connectivity index (χ2n) is 3.70. The number of nitrogen functional groups attached to an aromatic ring is 1. The van der Waals surface area contributed by atoms with Crippen molar-refractivity contribution < 1.29 is 17.9 Å². The van der Waals surface area contributed by atoms with Gasteiger partial charge in [-0.15, -0.1) is 0 Å². The van der Waals surface area contributed by atoms with Gasteiger partial charge >= 0.3 is 0 Å². The van der Waals surface area contributed by atoms with Gasteiger partial charge in [0.25, 0.3) is 15.8 Å². The van der Waals surface area contributed by atoms with Crippen LogP contribution in [0.5, 0.6) is 0 Å². The molecule has 0 saturated carbocycles. The summed E-state index contributed by atoms with van der Waals surface area (Å²) in [5, 5.41) is 11.0. The Hall–Kier alpha value is -1.71. The third kappa shape index (κ3) is 2.27. The van der Waals surface area contributed by atoms with Gasteiger partial charge in [0.15, 0.2) is 0 Å². The second-order valence-corrected chi connectivity index (χ2v) is 5.95. The predicted octanol–water partition coefficient (Wildman–Crippen LogP) is 2.34. The molecule has 7 nitrogen and oxygen atoms in total. The van der Waals surface area contributed by atoms with Crippen molar-refractivity contribution >= 4 is 48.2 Å². The van der Waals surface area contributed by atoms with Crippen LogP contribution in [0.25, 0.3) is 10.8 Å². The smallest absolute Gasteiger partial charge is 0.295 e. The standard InChI is InChI=1S/C10H7BrN2O5S/c11-6-4-7(13(14)15)9-5(10(6)12)2-1-3-8(9)19(16,17)18/h1-4H,12H2,(H,16,17,18). The molecule has 3 N–H and O–H groups in total. The summed E-state index contributed by atoms with van der Waals surface area (Å²) in [6, 6.07) is 4.97. The normalized spacial score (nSPS) is 11.7. The van der Waals surface area contributed by atoms with Crippen molar-refractivity contribution in [3.63, 3.8) is 0 Å². The van der Waals surface area contributed by atoms with Gasteiger partial charge in [0, 0.05) is 15.9 Å². The van der Waals surface area contributed by atoms with E-state index in [1.54, 1.807) is 0 Å². The number of nitro benzene ring substituents is 1. The summed E-state index contributed by atoms with van der Waals surface area (Å²) in [6.45, 7) is 0. The van der Waals surface area contributed by atoms with Crippen LogP contribution in [0.15, 0.2) is 33.6 Å². The van der Waals surface area contributed by atoms with Gasteiger partial charge in [-0.2, -0.15) is 8.42 Å². The summed E-state index contributed by atoms with van der Waals surface area (Å²) >= 11 is 3.07. The van der Waals surface area contributed by atoms with Gasteiger partial charge in [-0.25, -0.2) is 0 Å². The van der Waals surface area contributed by atoms with Gasteiger partial charge in [-0.05, 0) is 22.0 Å². The van der Waals surface area contributed by atoms with E-state index in [0.717, 1.165) is 12.1 Å². The lowest BCUT2D eigenvalue weighted by Gasteiger charge is -2.08. The number of anilines is 1. The molecule has 0 amide bonds. The zero-order valence-corrected chi connectivity index (χ0v) is 11.6. The molecule has 0 spiro atoms. The second kappa shape index (κ2) is 4.44. The summed E-state index contributed by atoms with van der Waals surface area (Å²) in [7, 11) is -4.59. The Morgan fingerprint density at radius 1 is 1.37 bits per heavy atom. The number of rotatable bonds is 2. The molecule has 2 rings (SSSR count). The number of benzene rings is 2. The first-order valence-electron chi connectivity index (χ1n) is 4.86. The van der Waals surface area contributed by atoms with Gasteiger partial charge in [-0.3, -0.25) is 14.7 Å². The molecule has 100 valence electrons. The number of nitrogens with zero attached hydrogens (tertiary/aromatic N) is 1. The van der Waals surface area contributed by atoms with Crippen molar-refractivity contribution in [1.29, 1.82) is 0 Å². The highest BCUT2D eigenvalue weighted by atomic mass is 79.9. The minimum Gasteiger partial charge on any atom is -0.397 e. The zero-order valence-electron chi connectivity index (χ0n) is 9.20. The molecule has 0 unspecified atom stereocenters. The first-order chi connectivity index (χ1) is 8.73. The Balaban J connectivity index is 3.12. The van der Waals surface area contributed by atoms with Gasteiger partial charge in [0.1, 0.15) is 4.90 Å². The fourth-order valence-corrected chi connectivity index (χ4v) is 2.93. The van der Waals surface area contributed by atoms with Crippen molar-refractivity contribution in [3.8, 4) is 0 Å². The molecule has 0 saturated heterocycles. The van der Waals surface area contributed by atoms with Crippen molar-refractivity contribution in [2.24, 2.45) is 0 Å². The highest BCUT2D eigenvalue weighted by molar-refractivity contribution is 9.10. The summed E-state index contributed by atoms with van der Waals surface area (Å²) in [6.07, 6.45) is 0. The molecule has 0 aliphatic heterocycles. The van der Waals surface area contributed by atoms with Crippen LogP contribution in [-0.4, -0.2) is 17.9 Å². The van der Waals surface area contributed by atoms with Gasteiger partial charge in [0.2, 0.25) is 0 Å². The zero-order chi connectivity index (χ0) is 14.4. The van der Waals surface area contributed by atoms with Crippen molar-refractivity contribution in [1.82, 2.24) is 0 Å². The van der Waals surface area contributed by atoms with Gasteiger partial charge < -0.3 is 5.73 Å². The van der Waals surface area contributed by atoms with E-state index in [0.29, 0.717) is 0 Å². The quantitative estimate of drug-likeness (QED) is 0.372. The third-order valence-electron chi connectivity index (χ3n) is 2.57. The predicted molar refractivity (Wildman–Crippen MR) is 72.5 cm³/mol. The van der Waals surface area contributed by atoms with Crippen molar-refractivity contribution in [2.75, 3.05) is 5.73 Å². The monoisotopic (exact) mass is 346 g/mol. The molecule has 2 aromatic rings. The van der Waals surface area contributed by atoms with Crippen LogP contribution in [-0.2, 0) is 10.1 Å². The summed E-state index contributed by atoms with van der Waals surface area (Å²) in [4.78, 5) is 9.74. The van der Waals surface area contributed by atoms with Crippen LogP contribution in [0.4, 0.5) is 11.4 Å². The summed E-state index contributed by atoms with van der Waals surface area (Å²) in [5.74, 6) is 0. The minimum absolute atomic E-state index is 0.158. The average Bonchev–Trinajstić information content (AvgIpc) is 2.31. The van der Waals surface area contributed by atoms with E-state index in [4.69, 9.17) is 10.3 Å². The van der Waals surface area contributed by atoms with Gasteiger partial charge in [0.05, 0.1) is 16.0 Å². The minimum atomic E-state index is -4.59. The number of nitro groups is 1. The molecule has 0 atom stereocenters. The van der Waals surface area contributed by atoms with Crippen LogP contribution in [0.1, 0.15) is 0 Å². The molecule has 9 heteroatoms. The summed E-state index contributed by atoms with van der Waals surface area (Å²) < 4.78 is 32.0. The first-order valence-corrected chi connectivity index (χ1v) is 7.09. The van der Waals surface area contributed by atoms with Gasteiger partial charge in [-0.1, -0.05) is 12.1 Å². The van der Waals surface area contributed by atoms with E-state index in [1.165, 1.54) is 12.1 Å².